The molecule has 52 valence electrons. The fourth-order valence-corrected chi connectivity index (χ4v) is 0.722. The van der Waals surface area contributed by atoms with Gasteiger partial charge < -0.3 is 9.47 Å². The first-order chi connectivity index (χ1) is 4.29. The molecule has 0 amide bonds. The number of carbonyl (C=O) groups is 1. The number of esters is 1. The summed E-state index contributed by atoms with van der Waals surface area (Å²) in [5, 5.41) is 0. The highest BCUT2D eigenvalue weighted by molar-refractivity contribution is 5.71. The van der Waals surface area contributed by atoms with Gasteiger partial charge in [0, 0.05) is 6.42 Å². The van der Waals surface area contributed by atoms with Gasteiger partial charge in [-0.3, -0.25) is 0 Å². The molecule has 0 bridgehead atoms. The normalized spacial score (nSPS) is 29.0. The largest absolute Gasteiger partial charge is 0.461 e. The first-order valence-electron chi connectivity index (χ1n) is 3.06. The van der Waals surface area contributed by atoms with Gasteiger partial charge in [-0.25, -0.2) is 4.79 Å². The van der Waals surface area contributed by atoms with Crippen LogP contribution in [0.25, 0.3) is 0 Å². The Labute approximate surface area is 53.9 Å². The maximum Gasteiger partial charge on any atom is 0.332 e. The Morgan fingerprint density at radius 3 is 3.22 bits per heavy atom. The molecule has 1 atom stereocenters. The molecule has 0 aromatic rings. The number of cyclic esters (lactones) is 1. The average Bonchev–Trinajstić information content (AvgIpc) is 1.93. The number of carbonyl (C=O) groups excluding carboxylic acids is 1. The van der Waals surface area contributed by atoms with Crippen LogP contribution >= 0.6 is 0 Å². The van der Waals surface area contributed by atoms with Crippen LogP contribution in [-0.4, -0.2) is 25.3 Å². The summed E-state index contributed by atoms with van der Waals surface area (Å²) in [5.74, 6) is -0.250. The van der Waals surface area contributed by atoms with E-state index in [-0.39, 0.29) is 18.7 Å². The van der Waals surface area contributed by atoms with Gasteiger partial charge >= 0.3 is 5.97 Å². The zero-order valence-corrected chi connectivity index (χ0v) is 5.42. The summed E-state index contributed by atoms with van der Waals surface area (Å²) in [6, 6.07) is 0. The average molecular weight is 130 g/mol. The fourth-order valence-electron chi connectivity index (χ4n) is 0.722. The summed E-state index contributed by atoms with van der Waals surface area (Å²) >= 11 is 0. The first-order valence-corrected chi connectivity index (χ1v) is 3.06. The van der Waals surface area contributed by atoms with Gasteiger partial charge in [-0.15, -0.1) is 0 Å². The third kappa shape index (κ3) is 2.01. The third-order valence-electron chi connectivity index (χ3n) is 1.22. The molecule has 0 radical (unpaired) electrons. The molecule has 1 saturated heterocycles. The number of rotatable bonds is 0. The van der Waals surface area contributed by atoms with Crippen molar-refractivity contribution in [2.24, 2.45) is 0 Å². The maximum absolute atomic E-state index is 10.5. The third-order valence-corrected chi connectivity index (χ3v) is 1.22. The van der Waals surface area contributed by atoms with Crippen molar-refractivity contribution < 1.29 is 14.3 Å². The molecule has 0 unspecified atom stereocenters. The molecule has 0 saturated carbocycles. The van der Waals surface area contributed by atoms with E-state index < -0.39 is 0 Å². The lowest BCUT2D eigenvalue weighted by Gasteiger charge is -2.05. The van der Waals surface area contributed by atoms with Gasteiger partial charge in [0.15, 0.2) is 0 Å². The topological polar surface area (TPSA) is 35.5 Å². The van der Waals surface area contributed by atoms with E-state index in [0.717, 1.165) is 6.42 Å². The molecule has 9 heavy (non-hydrogen) atoms. The van der Waals surface area contributed by atoms with Gasteiger partial charge in [0.25, 0.3) is 0 Å². The molecule has 0 spiro atoms. The lowest BCUT2D eigenvalue weighted by Crippen LogP contribution is -2.13. The van der Waals surface area contributed by atoms with Crippen LogP contribution in [0.15, 0.2) is 0 Å². The fraction of sp³-hybridized carbons (Fsp3) is 0.833. The monoisotopic (exact) mass is 130 g/mol. The first kappa shape index (κ1) is 6.55. The maximum atomic E-state index is 10.5. The van der Waals surface area contributed by atoms with Crippen molar-refractivity contribution in [3.63, 3.8) is 0 Å². The second-order valence-electron chi connectivity index (χ2n) is 2.14. The summed E-state index contributed by atoms with van der Waals surface area (Å²) in [6.45, 7) is 2.61. The number of hydrogen-bond acceptors (Lipinski definition) is 3. The second-order valence-corrected chi connectivity index (χ2v) is 2.14. The van der Waals surface area contributed by atoms with Crippen LogP contribution in [0, 0.1) is 0 Å². The van der Waals surface area contributed by atoms with E-state index >= 15 is 0 Å². The molecule has 1 fully saturated rings. The van der Waals surface area contributed by atoms with Crippen LogP contribution in [0.4, 0.5) is 0 Å². The molecule has 3 heteroatoms. The summed E-state index contributed by atoms with van der Waals surface area (Å²) in [6.07, 6.45) is 0.839. The minimum Gasteiger partial charge on any atom is -0.461 e. The summed E-state index contributed by atoms with van der Waals surface area (Å²) < 4.78 is 9.75. The molecule has 1 heterocycles. The summed E-state index contributed by atoms with van der Waals surface area (Å²) in [4.78, 5) is 10.5. The lowest BCUT2D eigenvalue weighted by atomic mass is 10.3. The Hall–Kier alpha value is -0.570. The van der Waals surface area contributed by atoms with Crippen molar-refractivity contribution in [3.8, 4) is 0 Å². The van der Waals surface area contributed by atoms with E-state index in [1.165, 1.54) is 0 Å². The Balaban J connectivity index is 2.37. The van der Waals surface area contributed by atoms with Gasteiger partial charge in [-0.05, 0) is 6.92 Å². The minimum absolute atomic E-state index is 0.0278. The quantitative estimate of drug-likeness (QED) is 0.443. The van der Waals surface area contributed by atoms with Gasteiger partial charge in [-0.1, -0.05) is 0 Å². The zero-order valence-electron chi connectivity index (χ0n) is 5.42. The highest BCUT2D eigenvalue weighted by atomic mass is 16.6. The van der Waals surface area contributed by atoms with Gasteiger partial charge in [0.1, 0.15) is 12.7 Å². The van der Waals surface area contributed by atoms with Crippen molar-refractivity contribution in [1.29, 1.82) is 0 Å². The number of ether oxygens (including phenoxy) is 2. The number of hydrogen-bond donors (Lipinski definition) is 0. The molecule has 1 rings (SSSR count). The summed E-state index contributed by atoms with van der Waals surface area (Å²) in [7, 11) is 0. The predicted molar refractivity (Wildman–Crippen MR) is 31.0 cm³/mol. The van der Waals surface area contributed by atoms with E-state index in [4.69, 9.17) is 9.47 Å². The Bertz CT molecular complexity index is 111. The molecule has 3 nitrogen and oxygen atoms in total. The van der Waals surface area contributed by atoms with Crippen molar-refractivity contribution >= 4 is 5.97 Å². The van der Waals surface area contributed by atoms with Crippen LogP contribution in [0.1, 0.15) is 13.3 Å². The molecule has 0 N–H and O–H groups in total. The van der Waals surface area contributed by atoms with Crippen LogP contribution < -0.4 is 0 Å². The summed E-state index contributed by atoms with van der Waals surface area (Å²) in [5.41, 5.74) is 0. The zero-order chi connectivity index (χ0) is 6.69. The van der Waals surface area contributed by atoms with Crippen LogP contribution in [-0.2, 0) is 14.3 Å². The van der Waals surface area contributed by atoms with Crippen LogP contribution in [0.5, 0.6) is 0 Å². The van der Waals surface area contributed by atoms with Crippen molar-refractivity contribution in [1.82, 2.24) is 0 Å². The SMILES string of the molecule is C[C@@H]1CCOCC(=O)O1. The minimum atomic E-state index is -0.250. The molecular formula is C6H10O3. The molecule has 0 aliphatic carbocycles. The van der Waals surface area contributed by atoms with E-state index in [2.05, 4.69) is 0 Å². The predicted octanol–water partition coefficient (Wildman–Crippen LogP) is 0.338. The van der Waals surface area contributed by atoms with E-state index in [9.17, 15) is 4.79 Å². The second kappa shape index (κ2) is 2.82. The van der Waals surface area contributed by atoms with Gasteiger partial charge in [0.2, 0.25) is 0 Å². The smallest absolute Gasteiger partial charge is 0.332 e. The van der Waals surface area contributed by atoms with Gasteiger partial charge in [0.05, 0.1) is 6.61 Å². The Morgan fingerprint density at radius 2 is 2.44 bits per heavy atom. The molecule has 0 aromatic carbocycles. The Kier molecular flexibility index (Phi) is 2.05. The highest BCUT2D eigenvalue weighted by Crippen LogP contribution is 2.02. The molecular weight excluding hydrogens is 120 g/mol. The lowest BCUT2D eigenvalue weighted by molar-refractivity contribution is -0.149. The Morgan fingerprint density at radius 1 is 1.67 bits per heavy atom. The van der Waals surface area contributed by atoms with Gasteiger partial charge in [-0.2, -0.15) is 0 Å². The molecule has 1 aliphatic rings. The molecule has 0 aromatic heterocycles. The van der Waals surface area contributed by atoms with Crippen molar-refractivity contribution in [3.05, 3.63) is 0 Å². The standard InChI is InChI=1S/C6H10O3/c1-5-2-3-8-4-6(7)9-5/h5H,2-4H2,1H3/t5-/m1/s1. The van der Waals surface area contributed by atoms with E-state index in [1.807, 2.05) is 6.92 Å². The van der Waals surface area contributed by atoms with E-state index in [1.54, 1.807) is 0 Å². The van der Waals surface area contributed by atoms with Crippen molar-refractivity contribution in [2.75, 3.05) is 13.2 Å². The van der Waals surface area contributed by atoms with Crippen molar-refractivity contribution in [2.45, 2.75) is 19.4 Å². The molecule has 1 aliphatic heterocycles. The van der Waals surface area contributed by atoms with E-state index in [0.29, 0.717) is 6.61 Å². The van der Waals surface area contributed by atoms with Crippen LogP contribution in [0.2, 0.25) is 0 Å². The highest BCUT2D eigenvalue weighted by Gasteiger charge is 2.13. The van der Waals surface area contributed by atoms with Crippen LogP contribution in [0.3, 0.4) is 0 Å².